The number of rotatable bonds is 6. The number of furan rings is 1. The molecule has 0 spiro atoms. The Balaban J connectivity index is 2.19. The molecule has 0 aliphatic heterocycles. The Kier molecular flexibility index (Phi) is 4.29. The van der Waals surface area contributed by atoms with E-state index in [9.17, 15) is 0 Å². The molecule has 1 aromatic heterocycles. The Labute approximate surface area is 95.6 Å². The highest BCUT2D eigenvalue weighted by Crippen LogP contribution is 2.20. The van der Waals surface area contributed by atoms with Crippen LogP contribution in [0.3, 0.4) is 0 Å². The van der Waals surface area contributed by atoms with Crippen LogP contribution in [0, 0.1) is 5.41 Å². The fraction of sp³-hybridized carbons (Fsp3) is 0.545. The molecular weight excluding hydrogens is 210 g/mol. The first-order valence-electron chi connectivity index (χ1n) is 4.92. The molecule has 1 heterocycles. The number of thiocarbonyl (C=S) groups is 1. The summed E-state index contributed by atoms with van der Waals surface area (Å²) in [6.45, 7) is 5.17. The molecule has 1 rings (SSSR count). The van der Waals surface area contributed by atoms with Crippen molar-refractivity contribution >= 4 is 17.2 Å². The first kappa shape index (κ1) is 12.2. The molecule has 0 aromatic carbocycles. The Bertz CT molecular complexity index is 306. The van der Waals surface area contributed by atoms with Crippen LogP contribution in [0.25, 0.3) is 0 Å². The minimum absolute atomic E-state index is 0.140. The molecule has 84 valence electrons. The Morgan fingerprint density at radius 2 is 2.33 bits per heavy atom. The van der Waals surface area contributed by atoms with Gasteiger partial charge in [-0.15, -0.1) is 0 Å². The molecule has 0 amide bonds. The van der Waals surface area contributed by atoms with E-state index in [0.717, 1.165) is 12.2 Å². The third-order valence-corrected chi connectivity index (χ3v) is 2.92. The van der Waals surface area contributed by atoms with Gasteiger partial charge in [0.15, 0.2) is 0 Å². The van der Waals surface area contributed by atoms with Gasteiger partial charge in [-0.05, 0) is 18.6 Å². The maximum absolute atomic E-state index is 5.60. The van der Waals surface area contributed by atoms with E-state index >= 15 is 0 Å². The van der Waals surface area contributed by atoms with Crippen molar-refractivity contribution in [1.82, 2.24) is 0 Å². The van der Waals surface area contributed by atoms with E-state index in [4.69, 9.17) is 27.1 Å². The van der Waals surface area contributed by atoms with Crippen LogP contribution in [0.1, 0.15) is 26.0 Å². The predicted molar refractivity (Wildman–Crippen MR) is 63.5 cm³/mol. The van der Waals surface area contributed by atoms with Crippen molar-refractivity contribution in [3.63, 3.8) is 0 Å². The van der Waals surface area contributed by atoms with Crippen LogP contribution in [0.2, 0.25) is 0 Å². The predicted octanol–water partition coefficient (Wildman–Crippen LogP) is 2.50. The first-order valence-corrected chi connectivity index (χ1v) is 5.33. The van der Waals surface area contributed by atoms with Crippen LogP contribution >= 0.6 is 12.2 Å². The van der Waals surface area contributed by atoms with Gasteiger partial charge in [0.2, 0.25) is 0 Å². The third kappa shape index (κ3) is 4.01. The van der Waals surface area contributed by atoms with Gasteiger partial charge in [0.25, 0.3) is 0 Å². The molecule has 3 nitrogen and oxygen atoms in total. The molecule has 0 radical (unpaired) electrons. The average molecular weight is 227 g/mol. The lowest BCUT2D eigenvalue weighted by molar-refractivity contribution is 0.0914. The van der Waals surface area contributed by atoms with Crippen molar-refractivity contribution < 1.29 is 9.15 Å². The highest BCUT2D eigenvalue weighted by atomic mass is 32.1. The molecule has 0 saturated carbocycles. The zero-order valence-electron chi connectivity index (χ0n) is 9.16. The molecule has 0 saturated heterocycles. The summed E-state index contributed by atoms with van der Waals surface area (Å²) >= 11 is 4.96. The summed E-state index contributed by atoms with van der Waals surface area (Å²) in [5.74, 6) is 0.836. The number of ether oxygens (including phenoxy) is 1. The Hall–Kier alpha value is -0.870. The molecular formula is C11H17NO2S. The van der Waals surface area contributed by atoms with Crippen molar-refractivity contribution in [2.75, 3.05) is 6.61 Å². The van der Waals surface area contributed by atoms with E-state index in [1.54, 1.807) is 6.26 Å². The van der Waals surface area contributed by atoms with Crippen LogP contribution < -0.4 is 5.73 Å². The van der Waals surface area contributed by atoms with Gasteiger partial charge in [-0.1, -0.05) is 26.1 Å². The summed E-state index contributed by atoms with van der Waals surface area (Å²) in [4.78, 5) is 0.532. The van der Waals surface area contributed by atoms with Gasteiger partial charge in [-0.3, -0.25) is 0 Å². The van der Waals surface area contributed by atoms with Crippen LogP contribution in [0.4, 0.5) is 0 Å². The van der Waals surface area contributed by atoms with Gasteiger partial charge in [0, 0.05) is 12.0 Å². The highest BCUT2D eigenvalue weighted by Gasteiger charge is 2.20. The quantitative estimate of drug-likeness (QED) is 0.599. The molecule has 0 fully saturated rings. The van der Waals surface area contributed by atoms with E-state index in [0.29, 0.717) is 18.2 Å². The van der Waals surface area contributed by atoms with Gasteiger partial charge in [0.1, 0.15) is 12.4 Å². The average Bonchev–Trinajstić information content (AvgIpc) is 2.64. The highest BCUT2D eigenvalue weighted by molar-refractivity contribution is 7.80. The molecule has 0 aliphatic carbocycles. The van der Waals surface area contributed by atoms with Gasteiger partial charge in [-0.2, -0.15) is 0 Å². The molecule has 0 unspecified atom stereocenters. The van der Waals surface area contributed by atoms with Gasteiger partial charge < -0.3 is 14.9 Å². The van der Waals surface area contributed by atoms with Gasteiger partial charge in [-0.25, -0.2) is 0 Å². The van der Waals surface area contributed by atoms with Crippen LogP contribution in [-0.2, 0) is 11.3 Å². The summed E-state index contributed by atoms with van der Waals surface area (Å²) in [5, 5.41) is 0. The van der Waals surface area contributed by atoms with E-state index < -0.39 is 0 Å². The summed E-state index contributed by atoms with van der Waals surface area (Å²) in [6, 6.07) is 3.73. The lowest BCUT2D eigenvalue weighted by Crippen LogP contribution is -2.30. The number of nitrogens with two attached hydrogens (primary N) is 1. The van der Waals surface area contributed by atoms with Crippen molar-refractivity contribution in [2.24, 2.45) is 11.1 Å². The SMILES string of the molecule is CC(C)(CCOCc1ccco1)C(N)=S. The van der Waals surface area contributed by atoms with Crippen LogP contribution in [0.5, 0.6) is 0 Å². The van der Waals surface area contributed by atoms with Crippen LogP contribution in [-0.4, -0.2) is 11.6 Å². The number of hydrogen-bond acceptors (Lipinski definition) is 3. The second-order valence-electron chi connectivity index (χ2n) is 4.13. The minimum atomic E-state index is -0.140. The lowest BCUT2D eigenvalue weighted by Gasteiger charge is -2.22. The molecule has 15 heavy (non-hydrogen) atoms. The molecule has 0 atom stereocenters. The zero-order valence-corrected chi connectivity index (χ0v) is 9.97. The monoisotopic (exact) mass is 227 g/mol. The van der Waals surface area contributed by atoms with Crippen molar-refractivity contribution in [3.8, 4) is 0 Å². The first-order chi connectivity index (χ1) is 7.02. The fourth-order valence-electron chi connectivity index (χ4n) is 1.02. The molecule has 2 N–H and O–H groups in total. The van der Waals surface area contributed by atoms with Crippen molar-refractivity contribution in [3.05, 3.63) is 24.2 Å². The largest absolute Gasteiger partial charge is 0.467 e. The topological polar surface area (TPSA) is 48.4 Å². The summed E-state index contributed by atoms with van der Waals surface area (Å²) in [6.07, 6.45) is 2.46. The van der Waals surface area contributed by atoms with E-state index in [2.05, 4.69) is 0 Å². The Morgan fingerprint density at radius 1 is 1.60 bits per heavy atom. The van der Waals surface area contributed by atoms with E-state index in [-0.39, 0.29) is 5.41 Å². The standard InChI is InChI=1S/C11H17NO2S/c1-11(2,10(12)15)5-7-13-8-9-4-3-6-14-9/h3-4,6H,5,7-8H2,1-2H3,(H2,12,15). The van der Waals surface area contributed by atoms with E-state index in [1.807, 2.05) is 26.0 Å². The summed E-state index contributed by atoms with van der Waals surface area (Å²) in [5.41, 5.74) is 5.46. The van der Waals surface area contributed by atoms with Gasteiger partial charge >= 0.3 is 0 Å². The molecule has 0 bridgehead atoms. The maximum Gasteiger partial charge on any atom is 0.129 e. The summed E-state index contributed by atoms with van der Waals surface area (Å²) in [7, 11) is 0. The molecule has 1 aromatic rings. The summed E-state index contributed by atoms with van der Waals surface area (Å²) < 4.78 is 10.6. The van der Waals surface area contributed by atoms with E-state index in [1.165, 1.54) is 0 Å². The van der Waals surface area contributed by atoms with Crippen molar-refractivity contribution in [2.45, 2.75) is 26.9 Å². The second kappa shape index (κ2) is 5.28. The maximum atomic E-state index is 5.60. The minimum Gasteiger partial charge on any atom is -0.467 e. The zero-order chi connectivity index (χ0) is 11.3. The molecule has 0 aliphatic rings. The fourth-order valence-corrected chi connectivity index (χ4v) is 1.12. The normalized spacial score (nSPS) is 11.6. The number of hydrogen-bond donors (Lipinski definition) is 1. The smallest absolute Gasteiger partial charge is 0.129 e. The Morgan fingerprint density at radius 3 is 2.87 bits per heavy atom. The second-order valence-corrected chi connectivity index (χ2v) is 4.57. The van der Waals surface area contributed by atoms with Crippen molar-refractivity contribution in [1.29, 1.82) is 0 Å². The third-order valence-electron chi connectivity index (χ3n) is 2.36. The lowest BCUT2D eigenvalue weighted by atomic mass is 9.90. The molecule has 4 heteroatoms. The van der Waals surface area contributed by atoms with Gasteiger partial charge in [0.05, 0.1) is 11.3 Å². The van der Waals surface area contributed by atoms with Crippen LogP contribution in [0.15, 0.2) is 22.8 Å².